The number of hydrogen-bond donors (Lipinski definition) is 1. The fraction of sp³-hybridized carbons (Fsp3) is 0.625. The maximum Gasteiger partial charge on any atom is 0.123 e. The van der Waals surface area contributed by atoms with Crippen molar-refractivity contribution >= 4 is 5.69 Å². The molecule has 19 heavy (non-hydrogen) atoms. The maximum absolute atomic E-state index is 12.7. The van der Waals surface area contributed by atoms with E-state index in [1.54, 1.807) is 12.1 Å². The zero-order valence-electron chi connectivity index (χ0n) is 11.9. The molecule has 0 saturated heterocycles. The molecule has 1 aromatic rings. The largest absolute Gasteiger partial charge is 0.383 e. The van der Waals surface area contributed by atoms with Crippen molar-refractivity contribution in [3.63, 3.8) is 0 Å². The molecule has 2 unspecified atom stereocenters. The summed E-state index contributed by atoms with van der Waals surface area (Å²) < 4.78 is 18.7. The number of ether oxygens (including phenoxy) is 1. The van der Waals surface area contributed by atoms with Crippen molar-refractivity contribution < 1.29 is 9.13 Å². The van der Waals surface area contributed by atoms with Gasteiger partial charge in [0.25, 0.3) is 0 Å². The minimum absolute atomic E-state index is 0.202. The van der Waals surface area contributed by atoms with Crippen molar-refractivity contribution in [3.05, 3.63) is 30.1 Å². The zero-order chi connectivity index (χ0) is 13.7. The molecular formula is C16H24FNO. The zero-order valence-corrected chi connectivity index (χ0v) is 11.9. The second-order valence-corrected chi connectivity index (χ2v) is 5.84. The van der Waals surface area contributed by atoms with Crippen LogP contribution in [0.1, 0.15) is 33.1 Å². The second kappa shape index (κ2) is 6.90. The summed E-state index contributed by atoms with van der Waals surface area (Å²) >= 11 is 0. The van der Waals surface area contributed by atoms with Gasteiger partial charge in [0, 0.05) is 12.2 Å². The van der Waals surface area contributed by atoms with Gasteiger partial charge in [-0.1, -0.05) is 13.8 Å². The van der Waals surface area contributed by atoms with Crippen molar-refractivity contribution in [3.8, 4) is 0 Å². The summed E-state index contributed by atoms with van der Waals surface area (Å²) in [6.07, 6.45) is 4.10. The Morgan fingerprint density at radius 1 is 1.11 bits per heavy atom. The molecule has 1 N–H and O–H groups in total. The van der Waals surface area contributed by atoms with Crippen LogP contribution in [0, 0.1) is 17.7 Å². The molecule has 0 aromatic heterocycles. The van der Waals surface area contributed by atoms with Gasteiger partial charge in [-0.2, -0.15) is 0 Å². The summed E-state index contributed by atoms with van der Waals surface area (Å²) in [7, 11) is 0. The molecule has 1 aliphatic rings. The van der Waals surface area contributed by atoms with Gasteiger partial charge in [0.15, 0.2) is 0 Å². The fourth-order valence-corrected chi connectivity index (χ4v) is 3.00. The van der Waals surface area contributed by atoms with Crippen LogP contribution in [-0.2, 0) is 4.74 Å². The van der Waals surface area contributed by atoms with Crippen LogP contribution in [-0.4, -0.2) is 19.3 Å². The smallest absolute Gasteiger partial charge is 0.123 e. The monoisotopic (exact) mass is 265 g/mol. The van der Waals surface area contributed by atoms with E-state index in [2.05, 4.69) is 19.2 Å². The van der Waals surface area contributed by atoms with Gasteiger partial charge in [0.1, 0.15) is 5.82 Å². The first kappa shape index (κ1) is 14.3. The van der Waals surface area contributed by atoms with Crippen LogP contribution >= 0.6 is 0 Å². The lowest BCUT2D eigenvalue weighted by atomic mass is 9.82. The average Bonchev–Trinajstić information content (AvgIpc) is 2.36. The topological polar surface area (TPSA) is 21.3 Å². The lowest BCUT2D eigenvalue weighted by Crippen LogP contribution is -2.27. The van der Waals surface area contributed by atoms with Crippen LogP contribution in [0.15, 0.2) is 24.3 Å². The number of nitrogens with one attached hydrogen (secondary N) is 1. The molecule has 0 radical (unpaired) electrons. The van der Waals surface area contributed by atoms with Crippen molar-refractivity contribution in [1.29, 1.82) is 0 Å². The number of halogens is 1. The summed E-state index contributed by atoms with van der Waals surface area (Å²) in [6.45, 7) is 6.10. The number of anilines is 1. The fourth-order valence-electron chi connectivity index (χ4n) is 3.00. The van der Waals surface area contributed by atoms with Gasteiger partial charge < -0.3 is 10.1 Å². The van der Waals surface area contributed by atoms with E-state index in [4.69, 9.17) is 4.74 Å². The van der Waals surface area contributed by atoms with Gasteiger partial charge in [-0.3, -0.25) is 0 Å². The van der Waals surface area contributed by atoms with Gasteiger partial charge in [-0.25, -0.2) is 4.39 Å². The van der Waals surface area contributed by atoms with Gasteiger partial charge in [0.05, 0.1) is 12.7 Å². The summed E-state index contributed by atoms with van der Waals surface area (Å²) in [5.41, 5.74) is 0.940. The van der Waals surface area contributed by atoms with Crippen LogP contribution in [0.4, 0.5) is 10.1 Å². The molecule has 1 aliphatic carbocycles. The highest BCUT2D eigenvalue weighted by Crippen LogP contribution is 2.30. The Balaban J connectivity index is 1.65. The lowest BCUT2D eigenvalue weighted by molar-refractivity contribution is 0.00618. The third-order valence-corrected chi connectivity index (χ3v) is 3.76. The number of benzene rings is 1. The van der Waals surface area contributed by atoms with E-state index in [-0.39, 0.29) is 5.82 Å². The minimum Gasteiger partial charge on any atom is -0.383 e. The van der Waals surface area contributed by atoms with Gasteiger partial charge in [-0.05, 0) is 55.4 Å². The van der Waals surface area contributed by atoms with Crippen LogP contribution < -0.4 is 5.32 Å². The number of hydrogen-bond acceptors (Lipinski definition) is 2. The third-order valence-electron chi connectivity index (χ3n) is 3.76. The molecule has 1 saturated carbocycles. The summed E-state index contributed by atoms with van der Waals surface area (Å²) in [5, 5.41) is 3.24. The van der Waals surface area contributed by atoms with E-state index < -0.39 is 0 Å². The van der Waals surface area contributed by atoms with E-state index in [0.717, 1.165) is 24.1 Å². The first-order valence-corrected chi connectivity index (χ1v) is 7.24. The van der Waals surface area contributed by atoms with Crippen LogP contribution in [0.3, 0.4) is 0 Å². The first-order chi connectivity index (χ1) is 9.13. The third kappa shape index (κ3) is 4.83. The van der Waals surface area contributed by atoms with E-state index >= 15 is 0 Å². The normalized spacial score (nSPS) is 27.2. The predicted molar refractivity (Wildman–Crippen MR) is 76.8 cm³/mol. The van der Waals surface area contributed by atoms with E-state index in [1.807, 2.05) is 0 Å². The molecule has 2 atom stereocenters. The van der Waals surface area contributed by atoms with Crippen LogP contribution in [0.25, 0.3) is 0 Å². The van der Waals surface area contributed by atoms with Crippen molar-refractivity contribution in [1.82, 2.24) is 0 Å². The minimum atomic E-state index is -0.202. The molecule has 0 bridgehead atoms. The molecule has 0 spiro atoms. The Morgan fingerprint density at radius 2 is 1.74 bits per heavy atom. The highest BCUT2D eigenvalue weighted by atomic mass is 19.1. The Bertz CT molecular complexity index is 369. The molecule has 0 heterocycles. The summed E-state index contributed by atoms with van der Waals surface area (Å²) in [6, 6.07) is 6.43. The Morgan fingerprint density at radius 3 is 2.37 bits per heavy atom. The van der Waals surface area contributed by atoms with Crippen molar-refractivity contribution in [2.75, 3.05) is 18.5 Å². The molecule has 3 heteroatoms. The Labute approximate surface area is 115 Å². The maximum atomic E-state index is 12.7. The summed E-state index contributed by atoms with van der Waals surface area (Å²) in [4.78, 5) is 0. The molecule has 0 amide bonds. The summed E-state index contributed by atoms with van der Waals surface area (Å²) in [5.74, 6) is 1.35. The SMILES string of the molecule is CC1CC(C)CC(OCCNc2ccc(F)cc2)C1. The average molecular weight is 265 g/mol. The first-order valence-electron chi connectivity index (χ1n) is 7.24. The van der Waals surface area contributed by atoms with E-state index in [9.17, 15) is 4.39 Å². The second-order valence-electron chi connectivity index (χ2n) is 5.84. The quantitative estimate of drug-likeness (QED) is 0.810. The highest BCUT2D eigenvalue weighted by Gasteiger charge is 2.24. The predicted octanol–water partition coefficient (Wildman–Crippen LogP) is 4.08. The van der Waals surface area contributed by atoms with Gasteiger partial charge >= 0.3 is 0 Å². The van der Waals surface area contributed by atoms with E-state index in [1.165, 1.54) is 31.4 Å². The van der Waals surface area contributed by atoms with Gasteiger partial charge in [0.2, 0.25) is 0 Å². The molecule has 1 aromatic carbocycles. The highest BCUT2D eigenvalue weighted by molar-refractivity contribution is 5.42. The molecule has 2 nitrogen and oxygen atoms in total. The molecule has 1 fully saturated rings. The lowest BCUT2D eigenvalue weighted by Gasteiger charge is -2.31. The van der Waals surface area contributed by atoms with Crippen LogP contribution in [0.5, 0.6) is 0 Å². The Hall–Kier alpha value is -1.09. The van der Waals surface area contributed by atoms with Crippen molar-refractivity contribution in [2.45, 2.75) is 39.2 Å². The van der Waals surface area contributed by atoms with E-state index in [0.29, 0.717) is 12.7 Å². The standard InChI is InChI=1S/C16H24FNO/c1-12-9-13(2)11-16(10-12)19-8-7-18-15-5-3-14(17)4-6-15/h3-6,12-13,16,18H,7-11H2,1-2H3. The van der Waals surface area contributed by atoms with Crippen molar-refractivity contribution in [2.24, 2.45) is 11.8 Å². The molecule has 2 rings (SSSR count). The number of rotatable bonds is 5. The molecular weight excluding hydrogens is 241 g/mol. The Kier molecular flexibility index (Phi) is 5.20. The molecule has 0 aliphatic heterocycles. The molecule has 106 valence electrons. The van der Waals surface area contributed by atoms with Crippen LogP contribution in [0.2, 0.25) is 0 Å². The van der Waals surface area contributed by atoms with Gasteiger partial charge in [-0.15, -0.1) is 0 Å².